The predicted octanol–water partition coefficient (Wildman–Crippen LogP) is 5.42. The molecule has 140 valence electrons. The molecule has 0 fully saturated rings. The lowest BCUT2D eigenvalue weighted by Gasteiger charge is -2.17. The van der Waals surface area contributed by atoms with E-state index in [2.05, 4.69) is 39.8 Å². The first-order chi connectivity index (χ1) is 12.5. The molecule has 0 aliphatic rings. The molecule has 0 aromatic heterocycles. The Balaban J connectivity index is 2.10. The average Bonchev–Trinajstić information content (AvgIpc) is 2.62. The van der Waals surface area contributed by atoms with E-state index in [9.17, 15) is 5.02 Å². The molecule has 2 rings (SSSR count). The van der Waals surface area contributed by atoms with Crippen molar-refractivity contribution in [3.63, 3.8) is 0 Å². The van der Waals surface area contributed by atoms with Gasteiger partial charge in [-0.3, -0.25) is 0 Å². The Hall–Kier alpha value is -1.94. The summed E-state index contributed by atoms with van der Waals surface area (Å²) in [5, 5.41) is 10.3. The van der Waals surface area contributed by atoms with Crippen LogP contribution in [0.3, 0.4) is 0 Å². The maximum Gasteiger partial charge on any atom is 0.785 e. The van der Waals surface area contributed by atoms with Gasteiger partial charge in [-0.1, -0.05) is 62.1 Å². The molecule has 26 heavy (non-hydrogen) atoms. The van der Waals surface area contributed by atoms with Crippen molar-refractivity contribution in [1.82, 2.24) is 0 Å². The number of unbranched alkanes of at least 4 members (excludes halogenated alkanes) is 2. The van der Waals surface area contributed by atoms with Crippen LogP contribution in [-0.2, 0) is 12.8 Å². The van der Waals surface area contributed by atoms with Gasteiger partial charge in [-0.05, 0) is 62.8 Å². The Morgan fingerprint density at radius 2 is 1.19 bits per heavy atom. The number of hydrogen-bond donors (Lipinski definition) is 1. The zero-order chi connectivity index (χ0) is 18.9. The average molecular weight is 354 g/mol. The lowest BCUT2D eigenvalue weighted by Crippen LogP contribution is -2.30. The molecule has 2 aromatic carbocycles. The van der Waals surface area contributed by atoms with Crippen molar-refractivity contribution in [3.05, 3.63) is 58.7 Å². The highest BCUT2D eigenvalue weighted by Gasteiger charge is 2.24. The molecular formula is C22H31BO3. The quantitative estimate of drug-likeness (QED) is 0.579. The molecule has 0 bridgehead atoms. The Bertz CT molecular complexity index is 640. The molecule has 0 saturated heterocycles. The first kappa shape index (κ1) is 20.4. The molecule has 0 saturated carbocycles. The van der Waals surface area contributed by atoms with Gasteiger partial charge in [-0.2, -0.15) is 0 Å². The molecule has 0 unspecified atom stereocenters. The van der Waals surface area contributed by atoms with Crippen LogP contribution in [-0.4, -0.2) is 12.3 Å². The molecule has 0 aliphatic heterocycles. The van der Waals surface area contributed by atoms with E-state index in [1.54, 1.807) is 0 Å². The van der Waals surface area contributed by atoms with Gasteiger partial charge in [0.25, 0.3) is 0 Å². The zero-order valence-corrected chi connectivity index (χ0v) is 16.5. The Kier molecular flexibility index (Phi) is 8.05. The molecule has 4 heteroatoms. The fraction of sp³-hybridized carbons (Fsp3) is 0.455. The molecule has 0 spiro atoms. The fourth-order valence-electron chi connectivity index (χ4n) is 3.01. The smallest absolute Gasteiger partial charge is 0.501 e. The first-order valence-corrected chi connectivity index (χ1v) is 9.74. The molecule has 0 heterocycles. The van der Waals surface area contributed by atoms with Crippen LogP contribution in [0.5, 0.6) is 11.5 Å². The Morgan fingerprint density at radius 3 is 1.58 bits per heavy atom. The largest absolute Gasteiger partial charge is 0.785 e. The zero-order valence-electron chi connectivity index (χ0n) is 16.5. The summed E-state index contributed by atoms with van der Waals surface area (Å²) < 4.78 is 11.4. The third-order valence-electron chi connectivity index (χ3n) is 4.49. The summed E-state index contributed by atoms with van der Waals surface area (Å²) in [6.45, 7) is 8.48. The summed E-state index contributed by atoms with van der Waals surface area (Å²) in [6, 6.07) is 12.1. The minimum Gasteiger partial charge on any atom is -0.501 e. The minimum atomic E-state index is -1.32. The highest BCUT2D eigenvalue weighted by atomic mass is 16.7. The predicted molar refractivity (Wildman–Crippen MR) is 109 cm³/mol. The van der Waals surface area contributed by atoms with Gasteiger partial charge in [-0.15, -0.1) is 0 Å². The Morgan fingerprint density at radius 1 is 0.769 bits per heavy atom. The molecule has 0 atom stereocenters. The van der Waals surface area contributed by atoms with Crippen LogP contribution in [0.25, 0.3) is 0 Å². The van der Waals surface area contributed by atoms with Crippen LogP contribution in [0.4, 0.5) is 0 Å². The summed E-state index contributed by atoms with van der Waals surface area (Å²) in [5.74, 6) is 1.39. The van der Waals surface area contributed by atoms with Crippen LogP contribution in [0.2, 0.25) is 0 Å². The van der Waals surface area contributed by atoms with Gasteiger partial charge in [0.15, 0.2) is 0 Å². The first-order valence-electron chi connectivity index (χ1n) is 9.74. The highest BCUT2D eigenvalue weighted by Crippen LogP contribution is 2.25. The van der Waals surface area contributed by atoms with E-state index in [0.717, 1.165) is 49.7 Å². The van der Waals surface area contributed by atoms with E-state index >= 15 is 0 Å². The van der Waals surface area contributed by atoms with Crippen LogP contribution >= 0.6 is 0 Å². The van der Waals surface area contributed by atoms with Crippen molar-refractivity contribution < 1.29 is 14.3 Å². The monoisotopic (exact) mass is 354 g/mol. The Labute approximate surface area is 158 Å². The highest BCUT2D eigenvalue weighted by molar-refractivity contribution is 6.36. The number of rotatable bonds is 10. The number of aryl methyl sites for hydroxylation is 4. The van der Waals surface area contributed by atoms with Crippen molar-refractivity contribution in [2.75, 3.05) is 0 Å². The molecule has 0 amide bonds. The molecule has 0 aliphatic carbocycles. The SMILES string of the molecule is CCCCc1cc(C)ccc1OB(O)Oc1ccc(C)cc1CCCC. The van der Waals surface area contributed by atoms with Crippen molar-refractivity contribution in [3.8, 4) is 11.5 Å². The van der Waals surface area contributed by atoms with Crippen molar-refractivity contribution in [2.45, 2.75) is 66.2 Å². The van der Waals surface area contributed by atoms with Gasteiger partial charge in [0, 0.05) is 0 Å². The standard InChI is InChI=1S/C22H31BO3/c1-5-7-9-19-15-17(3)11-13-21(19)25-23(24)26-22-14-12-18(4)16-20(22)10-8-6-2/h11-16,24H,5-10H2,1-4H3. The van der Waals surface area contributed by atoms with Crippen LogP contribution in [0.1, 0.15) is 61.8 Å². The van der Waals surface area contributed by atoms with E-state index < -0.39 is 7.32 Å². The van der Waals surface area contributed by atoms with Crippen LogP contribution in [0, 0.1) is 13.8 Å². The normalized spacial score (nSPS) is 10.7. The van der Waals surface area contributed by atoms with E-state index in [1.807, 2.05) is 24.3 Å². The minimum absolute atomic E-state index is 0.693. The summed E-state index contributed by atoms with van der Waals surface area (Å²) in [7, 11) is -1.32. The topological polar surface area (TPSA) is 38.7 Å². The molecule has 0 radical (unpaired) electrons. The van der Waals surface area contributed by atoms with E-state index in [-0.39, 0.29) is 0 Å². The summed E-state index contributed by atoms with van der Waals surface area (Å²) >= 11 is 0. The molecular weight excluding hydrogens is 323 g/mol. The summed E-state index contributed by atoms with van der Waals surface area (Å²) in [4.78, 5) is 0. The summed E-state index contributed by atoms with van der Waals surface area (Å²) in [5.41, 5.74) is 4.62. The van der Waals surface area contributed by atoms with Gasteiger partial charge in [0.05, 0.1) is 0 Å². The molecule has 2 aromatic rings. The maximum absolute atomic E-state index is 10.3. The maximum atomic E-state index is 10.3. The third-order valence-corrected chi connectivity index (χ3v) is 4.49. The summed E-state index contributed by atoms with van der Waals surface area (Å²) in [6.07, 6.45) is 6.30. The van der Waals surface area contributed by atoms with Crippen molar-refractivity contribution in [2.24, 2.45) is 0 Å². The van der Waals surface area contributed by atoms with Gasteiger partial charge in [0.2, 0.25) is 0 Å². The molecule has 1 N–H and O–H groups in total. The van der Waals surface area contributed by atoms with Crippen molar-refractivity contribution >= 4 is 7.32 Å². The van der Waals surface area contributed by atoms with E-state index in [0.29, 0.717) is 11.5 Å². The second kappa shape index (κ2) is 10.3. The van der Waals surface area contributed by atoms with E-state index in [4.69, 9.17) is 9.31 Å². The van der Waals surface area contributed by atoms with Gasteiger partial charge in [-0.25, -0.2) is 0 Å². The lowest BCUT2D eigenvalue weighted by atomic mass is 10.0. The molecule has 3 nitrogen and oxygen atoms in total. The third kappa shape index (κ3) is 6.10. The van der Waals surface area contributed by atoms with Gasteiger partial charge >= 0.3 is 7.32 Å². The van der Waals surface area contributed by atoms with Gasteiger partial charge in [0.1, 0.15) is 11.5 Å². The van der Waals surface area contributed by atoms with Gasteiger partial charge < -0.3 is 14.3 Å². The van der Waals surface area contributed by atoms with Crippen molar-refractivity contribution in [1.29, 1.82) is 0 Å². The van der Waals surface area contributed by atoms with Crippen LogP contribution < -0.4 is 9.31 Å². The van der Waals surface area contributed by atoms with E-state index in [1.165, 1.54) is 11.1 Å². The fourth-order valence-corrected chi connectivity index (χ4v) is 3.01. The second-order valence-corrected chi connectivity index (χ2v) is 6.97. The second-order valence-electron chi connectivity index (χ2n) is 6.97. The lowest BCUT2D eigenvalue weighted by molar-refractivity contribution is 0.295. The number of hydrogen-bond acceptors (Lipinski definition) is 3. The number of benzene rings is 2. The van der Waals surface area contributed by atoms with Crippen LogP contribution in [0.15, 0.2) is 36.4 Å².